The number of carbonyl (C=O) groups excluding carboxylic acids is 1. The fourth-order valence-corrected chi connectivity index (χ4v) is 4.75. The van der Waals surface area contributed by atoms with Crippen molar-refractivity contribution >= 4 is 33.0 Å². The van der Waals surface area contributed by atoms with Gasteiger partial charge in [-0.15, -0.1) is 11.3 Å². The molecule has 2 N–H and O–H groups in total. The maximum atomic E-state index is 12.4. The Balaban J connectivity index is 1.54. The van der Waals surface area contributed by atoms with Crippen LogP contribution in [-0.4, -0.2) is 33.6 Å². The van der Waals surface area contributed by atoms with Gasteiger partial charge in [-0.2, -0.15) is 0 Å². The van der Waals surface area contributed by atoms with Crippen LogP contribution in [0.1, 0.15) is 24.1 Å². The second-order valence-corrected chi connectivity index (χ2v) is 8.91. The molecule has 6 nitrogen and oxygen atoms in total. The molecule has 0 unspecified atom stereocenters. The van der Waals surface area contributed by atoms with E-state index in [0.29, 0.717) is 44.6 Å². The maximum absolute atomic E-state index is 12.4. The van der Waals surface area contributed by atoms with Gasteiger partial charge in [0.1, 0.15) is 0 Å². The van der Waals surface area contributed by atoms with E-state index in [0.717, 1.165) is 0 Å². The first-order valence-corrected chi connectivity index (χ1v) is 10.9. The van der Waals surface area contributed by atoms with E-state index >= 15 is 0 Å². The van der Waals surface area contributed by atoms with Gasteiger partial charge in [-0.25, -0.2) is 13.1 Å². The summed E-state index contributed by atoms with van der Waals surface area (Å²) in [5.41, 5.74) is 0.589. The van der Waals surface area contributed by atoms with E-state index in [1.54, 1.807) is 23.5 Å². The Bertz CT molecular complexity index is 811. The van der Waals surface area contributed by atoms with Crippen molar-refractivity contribution in [1.82, 2.24) is 4.72 Å². The smallest absolute Gasteiger partial charge is 0.240 e. The van der Waals surface area contributed by atoms with Crippen molar-refractivity contribution in [3.05, 3.63) is 46.7 Å². The third kappa shape index (κ3) is 5.38. The fourth-order valence-electron chi connectivity index (χ4n) is 2.74. The number of amides is 1. The van der Waals surface area contributed by atoms with Gasteiger partial charge >= 0.3 is 0 Å². The molecular weight excluding hydrogens is 372 g/mol. The predicted octanol–water partition coefficient (Wildman–Crippen LogP) is 2.78. The average Bonchev–Trinajstić information content (AvgIpc) is 3.14. The Morgan fingerprint density at radius 1 is 1.15 bits per heavy atom. The quantitative estimate of drug-likeness (QED) is 0.756. The van der Waals surface area contributed by atoms with Crippen LogP contribution in [0.4, 0.5) is 5.69 Å². The van der Waals surface area contributed by atoms with Gasteiger partial charge in [-0.3, -0.25) is 4.79 Å². The summed E-state index contributed by atoms with van der Waals surface area (Å²) in [4.78, 5) is 13.4. The van der Waals surface area contributed by atoms with Crippen LogP contribution in [0.25, 0.3) is 0 Å². The number of hydrogen-bond acceptors (Lipinski definition) is 5. The number of hydrogen-bond donors (Lipinski definition) is 2. The van der Waals surface area contributed by atoms with Gasteiger partial charge in [0.25, 0.3) is 0 Å². The Morgan fingerprint density at radius 3 is 2.54 bits per heavy atom. The van der Waals surface area contributed by atoms with Crippen molar-refractivity contribution in [3.8, 4) is 0 Å². The monoisotopic (exact) mass is 394 g/mol. The number of sulfonamides is 1. The zero-order valence-electron chi connectivity index (χ0n) is 14.3. The summed E-state index contributed by atoms with van der Waals surface area (Å²) in [6.07, 6.45) is 2.45. The Hall–Kier alpha value is -1.74. The molecular formula is C18H22N2O4S2. The van der Waals surface area contributed by atoms with Crippen molar-refractivity contribution < 1.29 is 17.9 Å². The molecule has 0 aliphatic carbocycles. The first-order valence-electron chi connectivity index (χ1n) is 8.55. The number of benzene rings is 1. The van der Waals surface area contributed by atoms with Crippen LogP contribution < -0.4 is 10.0 Å². The third-order valence-corrected chi connectivity index (χ3v) is 6.64. The van der Waals surface area contributed by atoms with Crippen molar-refractivity contribution in [2.75, 3.05) is 18.5 Å². The molecule has 1 aromatic heterocycles. The molecule has 2 aromatic rings. The number of ether oxygens (including phenoxy) is 1. The lowest BCUT2D eigenvalue weighted by Crippen LogP contribution is -2.38. The molecule has 1 fully saturated rings. The Labute approximate surface area is 157 Å². The number of anilines is 1. The second kappa shape index (κ2) is 8.77. The fraction of sp³-hybridized carbons (Fsp3) is 0.389. The minimum absolute atomic E-state index is 0.0886. The van der Waals surface area contributed by atoms with E-state index in [-0.39, 0.29) is 16.8 Å². The lowest BCUT2D eigenvalue weighted by atomic mass is 10.1. The largest absolute Gasteiger partial charge is 0.381 e. The first kappa shape index (κ1) is 19.0. The van der Waals surface area contributed by atoms with Crippen molar-refractivity contribution in [2.45, 2.75) is 36.6 Å². The van der Waals surface area contributed by atoms with Crippen molar-refractivity contribution in [1.29, 1.82) is 0 Å². The van der Waals surface area contributed by atoms with Crippen LogP contribution in [0.5, 0.6) is 0 Å². The number of carbonyl (C=O) groups is 1. The predicted molar refractivity (Wildman–Crippen MR) is 102 cm³/mol. The Morgan fingerprint density at radius 2 is 1.88 bits per heavy atom. The molecule has 0 saturated carbocycles. The number of rotatable bonds is 7. The zero-order valence-corrected chi connectivity index (χ0v) is 15.9. The highest BCUT2D eigenvalue weighted by molar-refractivity contribution is 7.89. The highest BCUT2D eigenvalue weighted by atomic mass is 32.2. The topological polar surface area (TPSA) is 84.5 Å². The van der Waals surface area contributed by atoms with E-state index in [1.165, 1.54) is 17.0 Å². The van der Waals surface area contributed by atoms with Gasteiger partial charge < -0.3 is 10.1 Å². The molecule has 0 spiro atoms. The van der Waals surface area contributed by atoms with Gasteiger partial charge in [0.15, 0.2) is 0 Å². The molecule has 140 valence electrons. The maximum Gasteiger partial charge on any atom is 0.240 e. The molecule has 1 aromatic carbocycles. The molecule has 0 bridgehead atoms. The van der Waals surface area contributed by atoms with Gasteiger partial charge in [-0.1, -0.05) is 6.07 Å². The molecule has 8 heteroatoms. The van der Waals surface area contributed by atoms with Crippen LogP contribution in [0.15, 0.2) is 46.7 Å². The van der Waals surface area contributed by atoms with E-state index < -0.39 is 10.0 Å². The molecule has 1 amide bonds. The van der Waals surface area contributed by atoms with Crippen LogP contribution in [0.3, 0.4) is 0 Å². The molecule has 2 heterocycles. The highest BCUT2D eigenvalue weighted by Gasteiger charge is 2.22. The van der Waals surface area contributed by atoms with E-state index in [1.807, 2.05) is 17.5 Å². The van der Waals surface area contributed by atoms with Crippen LogP contribution >= 0.6 is 11.3 Å². The SMILES string of the molecule is O=C(CCc1cccs1)Nc1ccc(S(=O)(=O)NC2CCOCC2)cc1. The zero-order chi connectivity index (χ0) is 18.4. The molecule has 1 saturated heterocycles. The average molecular weight is 395 g/mol. The number of thiophene rings is 1. The summed E-state index contributed by atoms with van der Waals surface area (Å²) in [7, 11) is -3.56. The summed E-state index contributed by atoms with van der Waals surface area (Å²) in [5, 5.41) is 4.79. The number of nitrogens with one attached hydrogen (secondary N) is 2. The van der Waals surface area contributed by atoms with Gasteiger partial charge in [-0.05, 0) is 55.0 Å². The minimum atomic E-state index is -3.56. The van der Waals surface area contributed by atoms with E-state index in [4.69, 9.17) is 4.74 Å². The lowest BCUT2D eigenvalue weighted by molar-refractivity contribution is -0.116. The van der Waals surface area contributed by atoms with Crippen LogP contribution in [-0.2, 0) is 26.0 Å². The standard InChI is InChI=1S/C18H22N2O4S2/c21-18(8-5-16-2-1-13-25-16)19-14-3-6-17(7-4-14)26(22,23)20-15-9-11-24-12-10-15/h1-4,6-7,13,15,20H,5,8-12H2,(H,19,21). The van der Waals surface area contributed by atoms with Crippen molar-refractivity contribution in [2.24, 2.45) is 0 Å². The summed E-state index contributed by atoms with van der Waals surface area (Å²) in [5.74, 6) is -0.0886. The van der Waals surface area contributed by atoms with Gasteiger partial charge in [0, 0.05) is 36.2 Å². The van der Waals surface area contributed by atoms with E-state index in [2.05, 4.69) is 10.0 Å². The van der Waals surface area contributed by atoms with Crippen LogP contribution in [0.2, 0.25) is 0 Å². The van der Waals surface area contributed by atoms with Gasteiger partial charge in [0.2, 0.25) is 15.9 Å². The second-order valence-electron chi connectivity index (χ2n) is 6.16. The molecule has 0 radical (unpaired) electrons. The molecule has 0 atom stereocenters. The number of aryl methyl sites for hydroxylation is 1. The molecule has 3 rings (SSSR count). The molecule has 1 aliphatic heterocycles. The summed E-state index contributed by atoms with van der Waals surface area (Å²) in [6.45, 7) is 1.15. The van der Waals surface area contributed by atoms with E-state index in [9.17, 15) is 13.2 Å². The Kier molecular flexibility index (Phi) is 6.42. The summed E-state index contributed by atoms with van der Waals surface area (Å²) >= 11 is 1.63. The van der Waals surface area contributed by atoms with Crippen molar-refractivity contribution in [3.63, 3.8) is 0 Å². The van der Waals surface area contributed by atoms with Gasteiger partial charge in [0.05, 0.1) is 4.90 Å². The highest BCUT2D eigenvalue weighted by Crippen LogP contribution is 2.17. The third-order valence-electron chi connectivity index (χ3n) is 4.17. The van der Waals surface area contributed by atoms with Crippen LogP contribution in [0, 0.1) is 0 Å². The normalized spacial score (nSPS) is 15.7. The summed E-state index contributed by atoms with van der Waals surface area (Å²) in [6, 6.07) is 10.1. The lowest BCUT2D eigenvalue weighted by Gasteiger charge is -2.23. The minimum Gasteiger partial charge on any atom is -0.381 e. The first-order chi connectivity index (χ1) is 12.5. The molecule has 1 aliphatic rings. The summed E-state index contributed by atoms with van der Waals surface area (Å²) < 4.78 is 32.8. The molecule has 26 heavy (non-hydrogen) atoms.